The number of nitrogens with zero attached hydrogens (tertiary/aromatic N) is 1. The van der Waals surface area contributed by atoms with E-state index >= 15 is 0 Å². The molecular weight excluding hydrogens is 202 g/mol. The third kappa shape index (κ3) is 2.27. The van der Waals surface area contributed by atoms with Gasteiger partial charge < -0.3 is 15.6 Å². The number of nitrogens with two attached hydrogens (primary N) is 1. The summed E-state index contributed by atoms with van der Waals surface area (Å²) in [6.07, 6.45) is 4.30. The van der Waals surface area contributed by atoms with Crippen LogP contribution in [-0.2, 0) is 6.54 Å². The second-order valence-corrected chi connectivity index (χ2v) is 4.33. The van der Waals surface area contributed by atoms with E-state index in [2.05, 4.69) is 5.32 Å². The molecule has 1 saturated carbocycles. The normalized spacial score (nSPS) is 17.1. The zero-order valence-electron chi connectivity index (χ0n) is 9.65. The van der Waals surface area contributed by atoms with Crippen molar-refractivity contribution < 1.29 is 4.79 Å². The van der Waals surface area contributed by atoms with E-state index in [1.54, 1.807) is 0 Å². The molecule has 1 aliphatic rings. The minimum atomic E-state index is -0.00537. The van der Waals surface area contributed by atoms with Gasteiger partial charge in [-0.1, -0.05) is 0 Å². The minimum absolute atomic E-state index is 0.00537. The molecule has 1 amide bonds. The molecule has 1 fully saturated rings. The van der Waals surface area contributed by atoms with E-state index in [1.807, 2.05) is 29.8 Å². The zero-order valence-corrected chi connectivity index (χ0v) is 9.65. The Hall–Kier alpha value is -1.29. The summed E-state index contributed by atoms with van der Waals surface area (Å²) in [5.74, 6) is 0.591. The van der Waals surface area contributed by atoms with Crippen molar-refractivity contribution in [2.24, 2.45) is 11.7 Å². The summed E-state index contributed by atoms with van der Waals surface area (Å²) in [6, 6.07) is 3.89. The van der Waals surface area contributed by atoms with Crippen LogP contribution in [0, 0.1) is 5.92 Å². The molecule has 0 aliphatic heterocycles. The van der Waals surface area contributed by atoms with Crippen molar-refractivity contribution >= 4 is 5.91 Å². The van der Waals surface area contributed by atoms with Crippen LogP contribution in [0.25, 0.3) is 0 Å². The van der Waals surface area contributed by atoms with Crippen molar-refractivity contribution in [1.82, 2.24) is 9.88 Å². The smallest absolute Gasteiger partial charge is 0.268 e. The van der Waals surface area contributed by atoms with Crippen LogP contribution in [0.4, 0.5) is 0 Å². The summed E-state index contributed by atoms with van der Waals surface area (Å²) < 4.78 is 1.94. The molecule has 0 bridgehead atoms. The Kier molecular flexibility index (Phi) is 3.29. The Morgan fingerprint density at radius 2 is 2.44 bits per heavy atom. The van der Waals surface area contributed by atoms with Crippen molar-refractivity contribution in [3.05, 3.63) is 24.0 Å². The molecule has 1 aromatic heterocycles. The molecule has 88 valence electrons. The van der Waals surface area contributed by atoms with Crippen molar-refractivity contribution in [2.75, 3.05) is 6.54 Å². The number of aryl methyl sites for hydroxylation is 1. The summed E-state index contributed by atoms with van der Waals surface area (Å²) in [5, 5.41) is 3.02. The average molecular weight is 221 g/mol. The lowest BCUT2D eigenvalue weighted by molar-refractivity contribution is 0.0924. The van der Waals surface area contributed by atoms with Gasteiger partial charge in [0.2, 0.25) is 0 Å². The highest BCUT2D eigenvalue weighted by Crippen LogP contribution is 2.32. The van der Waals surface area contributed by atoms with Crippen molar-refractivity contribution in [2.45, 2.75) is 32.4 Å². The zero-order chi connectivity index (χ0) is 11.5. The molecular formula is C12H19N3O. The molecule has 0 saturated heterocycles. The highest BCUT2D eigenvalue weighted by atomic mass is 16.2. The first kappa shape index (κ1) is 11.2. The van der Waals surface area contributed by atoms with E-state index in [0.29, 0.717) is 12.5 Å². The highest BCUT2D eigenvalue weighted by Gasteiger charge is 2.31. The first-order chi connectivity index (χ1) is 7.76. The van der Waals surface area contributed by atoms with Gasteiger partial charge in [-0.3, -0.25) is 4.79 Å². The molecule has 2 rings (SSSR count). The van der Waals surface area contributed by atoms with E-state index in [-0.39, 0.29) is 11.9 Å². The van der Waals surface area contributed by atoms with E-state index < -0.39 is 0 Å². The summed E-state index contributed by atoms with van der Waals surface area (Å²) >= 11 is 0. The Labute approximate surface area is 95.8 Å². The second-order valence-electron chi connectivity index (χ2n) is 4.33. The maximum absolute atomic E-state index is 12.0. The summed E-state index contributed by atoms with van der Waals surface area (Å²) in [5.41, 5.74) is 6.39. The van der Waals surface area contributed by atoms with Crippen LogP contribution >= 0.6 is 0 Å². The number of aromatic nitrogens is 1. The van der Waals surface area contributed by atoms with Gasteiger partial charge >= 0.3 is 0 Å². The van der Waals surface area contributed by atoms with Crippen LogP contribution < -0.4 is 11.1 Å². The number of rotatable bonds is 5. The van der Waals surface area contributed by atoms with Gasteiger partial charge in [-0.05, 0) is 37.8 Å². The second kappa shape index (κ2) is 4.70. The van der Waals surface area contributed by atoms with Crippen LogP contribution in [0.3, 0.4) is 0 Å². The van der Waals surface area contributed by atoms with Crippen molar-refractivity contribution in [3.63, 3.8) is 0 Å². The number of hydrogen-bond acceptors (Lipinski definition) is 2. The van der Waals surface area contributed by atoms with Gasteiger partial charge in [0.25, 0.3) is 5.91 Å². The quantitative estimate of drug-likeness (QED) is 0.778. The van der Waals surface area contributed by atoms with E-state index in [4.69, 9.17) is 5.73 Å². The molecule has 16 heavy (non-hydrogen) atoms. The van der Waals surface area contributed by atoms with Crippen LogP contribution in [0.5, 0.6) is 0 Å². The Morgan fingerprint density at radius 3 is 3.00 bits per heavy atom. The predicted molar refractivity (Wildman–Crippen MR) is 63.1 cm³/mol. The molecule has 1 heterocycles. The lowest BCUT2D eigenvalue weighted by Gasteiger charge is -2.16. The minimum Gasteiger partial charge on any atom is -0.346 e. The van der Waals surface area contributed by atoms with E-state index in [1.165, 1.54) is 12.8 Å². The molecule has 3 N–H and O–H groups in total. The lowest BCUT2D eigenvalue weighted by atomic mass is 10.2. The maximum atomic E-state index is 12.0. The molecule has 1 unspecified atom stereocenters. The van der Waals surface area contributed by atoms with Gasteiger partial charge in [-0.15, -0.1) is 0 Å². The SMILES string of the molecule is CCn1cccc1C(=O)NC(CN)C1CC1. The molecule has 0 radical (unpaired) electrons. The van der Waals surface area contributed by atoms with E-state index in [0.717, 1.165) is 12.2 Å². The molecule has 4 nitrogen and oxygen atoms in total. The summed E-state index contributed by atoms with van der Waals surface area (Å²) in [6.45, 7) is 3.37. The van der Waals surface area contributed by atoms with Gasteiger partial charge in [-0.2, -0.15) is 0 Å². The van der Waals surface area contributed by atoms with Crippen LogP contribution in [-0.4, -0.2) is 23.1 Å². The topological polar surface area (TPSA) is 60.0 Å². The van der Waals surface area contributed by atoms with Gasteiger partial charge in [0.05, 0.1) is 0 Å². The molecule has 1 aliphatic carbocycles. The predicted octanol–water partition coefficient (Wildman–Crippen LogP) is 0.975. The van der Waals surface area contributed by atoms with Crippen molar-refractivity contribution in [1.29, 1.82) is 0 Å². The first-order valence-corrected chi connectivity index (χ1v) is 5.92. The third-order valence-corrected chi connectivity index (χ3v) is 3.16. The first-order valence-electron chi connectivity index (χ1n) is 5.92. The van der Waals surface area contributed by atoms with Gasteiger partial charge in [0.1, 0.15) is 5.69 Å². The summed E-state index contributed by atoms with van der Waals surface area (Å²) in [7, 11) is 0. The third-order valence-electron chi connectivity index (χ3n) is 3.16. The number of carbonyl (C=O) groups is 1. The van der Waals surface area contributed by atoms with Crippen LogP contribution in [0.1, 0.15) is 30.3 Å². The van der Waals surface area contributed by atoms with E-state index in [9.17, 15) is 4.79 Å². The lowest BCUT2D eigenvalue weighted by Crippen LogP contribution is -2.42. The fraction of sp³-hybridized carbons (Fsp3) is 0.583. The molecule has 4 heteroatoms. The largest absolute Gasteiger partial charge is 0.346 e. The van der Waals surface area contributed by atoms with Crippen LogP contribution in [0.2, 0.25) is 0 Å². The molecule has 1 aromatic rings. The number of nitrogens with one attached hydrogen (secondary N) is 1. The van der Waals surface area contributed by atoms with Crippen molar-refractivity contribution in [3.8, 4) is 0 Å². The Bertz CT molecular complexity index is 368. The standard InChI is InChI=1S/C12H19N3O/c1-2-15-7-3-4-11(15)12(16)14-10(8-13)9-5-6-9/h3-4,7,9-10H,2,5-6,8,13H2,1H3,(H,14,16). The van der Waals surface area contributed by atoms with Gasteiger partial charge in [0, 0.05) is 25.3 Å². The summed E-state index contributed by atoms with van der Waals surface area (Å²) in [4.78, 5) is 12.0. The monoisotopic (exact) mass is 221 g/mol. The Balaban J connectivity index is 2.01. The van der Waals surface area contributed by atoms with Crippen LogP contribution in [0.15, 0.2) is 18.3 Å². The fourth-order valence-corrected chi connectivity index (χ4v) is 2.01. The fourth-order valence-electron chi connectivity index (χ4n) is 2.01. The Morgan fingerprint density at radius 1 is 1.69 bits per heavy atom. The number of amides is 1. The number of hydrogen-bond donors (Lipinski definition) is 2. The molecule has 0 spiro atoms. The molecule has 1 atom stereocenters. The van der Waals surface area contributed by atoms with Gasteiger partial charge in [0.15, 0.2) is 0 Å². The highest BCUT2D eigenvalue weighted by molar-refractivity contribution is 5.93. The number of carbonyl (C=O) groups excluding carboxylic acids is 1. The maximum Gasteiger partial charge on any atom is 0.268 e. The molecule has 0 aromatic carbocycles. The average Bonchev–Trinajstić information content (AvgIpc) is 3.02. The van der Waals surface area contributed by atoms with Gasteiger partial charge in [-0.25, -0.2) is 0 Å².